The molecule has 1 atom stereocenters. The highest BCUT2D eigenvalue weighted by molar-refractivity contribution is 7.10. The van der Waals surface area contributed by atoms with Crippen LogP contribution in [0.3, 0.4) is 0 Å². The molecule has 2 aromatic carbocycles. The summed E-state index contributed by atoms with van der Waals surface area (Å²) in [6.07, 6.45) is 2.68. The zero-order valence-electron chi connectivity index (χ0n) is 20.4. The van der Waals surface area contributed by atoms with E-state index < -0.39 is 0 Å². The number of piperidine rings is 1. The molecule has 35 heavy (non-hydrogen) atoms. The Labute approximate surface area is 210 Å². The van der Waals surface area contributed by atoms with E-state index in [1.54, 1.807) is 11.3 Å². The average Bonchev–Trinajstić information content (AvgIpc) is 3.48. The van der Waals surface area contributed by atoms with Crippen molar-refractivity contribution in [2.75, 3.05) is 18.0 Å². The fourth-order valence-corrected chi connectivity index (χ4v) is 6.00. The number of hydrogen-bond donors (Lipinski definition) is 0. The lowest BCUT2D eigenvalue weighted by Crippen LogP contribution is -2.38. The van der Waals surface area contributed by atoms with Gasteiger partial charge in [0.15, 0.2) is 0 Å². The summed E-state index contributed by atoms with van der Waals surface area (Å²) >= 11 is 1.56. The van der Waals surface area contributed by atoms with E-state index in [1.807, 2.05) is 71.5 Å². The molecular weight excluding hydrogens is 458 g/mol. The number of aromatic nitrogens is 1. The van der Waals surface area contributed by atoms with Crippen LogP contribution in [0, 0.1) is 0 Å². The van der Waals surface area contributed by atoms with Crippen LogP contribution in [0.15, 0.2) is 53.9 Å². The summed E-state index contributed by atoms with van der Waals surface area (Å²) in [7, 11) is 0. The summed E-state index contributed by atoms with van der Waals surface area (Å²) in [6, 6.07) is 15.6. The molecule has 1 saturated heterocycles. The fraction of sp³-hybridized carbons (Fsp3) is 0.393. The quantitative estimate of drug-likeness (QED) is 0.472. The van der Waals surface area contributed by atoms with Crippen LogP contribution >= 0.6 is 11.3 Å². The first-order valence-corrected chi connectivity index (χ1v) is 13.2. The second kappa shape index (κ2) is 9.82. The zero-order chi connectivity index (χ0) is 24.5. The van der Waals surface area contributed by atoms with Crippen molar-refractivity contribution in [3.05, 3.63) is 75.7 Å². The second-order valence-corrected chi connectivity index (χ2v) is 10.6. The molecule has 3 aromatic rings. The first-order chi connectivity index (χ1) is 16.9. The van der Waals surface area contributed by atoms with Crippen molar-refractivity contribution in [1.82, 2.24) is 9.88 Å². The third-order valence-corrected chi connectivity index (χ3v) is 7.78. The number of amides is 2. The molecule has 2 aliphatic rings. The van der Waals surface area contributed by atoms with Crippen molar-refractivity contribution >= 4 is 28.8 Å². The van der Waals surface area contributed by atoms with Crippen molar-refractivity contribution in [1.29, 1.82) is 0 Å². The molecule has 5 rings (SSSR count). The number of fused-ring (bicyclic) bond motifs is 1. The van der Waals surface area contributed by atoms with Crippen LogP contribution in [0.1, 0.15) is 70.9 Å². The summed E-state index contributed by atoms with van der Waals surface area (Å²) < 4.78 is 5.67. The average molecular weight is 490 g/mol. The number of carbonyl (C=O) groups is 2. The molecule has 2 amide bonds. The number of hydrogen-bond acceptors (Lipinski definition) is 5. The third kappa shape index (κ3) is 4.82. The van der Waals surface area contributed by atoms with Crippen LogP contribution in [0.4, 0.5) is 5.69 Å². The SMILES string of the molecule is CC(C)Oc1ccc(C(=O)N2CCC(c3nc(C(=O)N4c5ccccc5CC4C)cs3)CC2)cc1. The lowest BCUT2D eigenvalue weighted by molar-refractivity contribution is 0.0713. The van der Waals surface area contributed by atoms with Gasteiger partial charge in [-0.3, -0.25) is 9.59 Å². The van der Waals surface area contributed by atoms with Gasteiger partial charge in [-0.05, 0) is 75.9 Å². The summed E-state index contributed by atoms with van der Waals surface area (Å²) in [6.45, 7) is 7.43. The molecule has 1 unspecified atom stereocenters. The van der Waals surface area contributed by atoms with E-state index in [0.717, 1.165) is 35.7 Å². The topological polar surface area (TPSA) is 62.7 Å². The maximum absolute atomic E-state index is 13.3. The number of rotatable bonds is 5. The molecular formula is C28H31N3O3S. The highest BCUT2D eigenvalue weighted by atomic mass is 32.1. The van der Waals surface area contributed by atoms with Crippen LogP contribution in [-0.4, -0.2) is 46.9 Å². The zero-order valence-corrected chi connectivity index (χ0v) is 21.3. The van der Waals surface area contributed by atoms with E-state index in [2.05, 4.69) is 13.0 Å². The van der Waals surface area contributed by atoms with E-state index in [0.29, 0.717) is 24.3 Å². The van der Waals surface area contributed by atoms with Crippen LogP contribution < -0.4 is 9.64 Å². The number of carbonyl (C=O) groups excluding carboxylic acids is 2. The summed E-state index contributed by atoms with van der Waals surface area (Å²) in [5.74, 6) is 1.07. The molecule has 0 aliphatic carbocycles. The van der Waals surface area contributed by atoms with Gasteiger partial charge in [0.25, 0.3) is 11.8 Å². The molecule has 7 heteroatoms. The number of likely N-dealkylation sites (tertiary alicyclic amines) is 1. The first-order valence-electron chi connectivity index (χ1n) is 12.3. The Morgan fingerprint density at radius 1 is 1.03 bits per heavy atom. The van der Waals surface area contributed by atoms with Crippen molar-refractivity contribution in [2.24, 2.45) is 0 Å². The highest BCUT2D eigenvalue weighted by Gasteiger charge is 2.33. The van der Waals surface area contributed by atoms with Crippen LogP contribution in [0.25, 0.3) is 0 Å². The summed E-state index contributed by atoms with van der Waals surface area (Å²) in [5.41, 5.74) is 3.41. The van der Waals surface area contributed by atoms with Gasteiger partial charge in [0.05, 0.1) is 11.1 Å². The van der Waals surface area contributed by atoms with Crippen molar-refractivity contribution in [3.63, 3.8) is 0 Å². The standard InChI is InChI=1S/C28H31N3O3S/c1-18(2)34-23-10-8-21(9-11-23)27(32)30-14-12-20(13-15-30)26-29-24(17-35-26)28(33)31-19(3)16-22-6-4-5-7-25(22)31/h4-11,17-20H,12-16H2,1-3H3. The van der Waals surface area contributed by atoms with Gasteiger partial charge in [-0.2, -0.15) is 0 Å². The Morgan fingerprint density at radius 2 is 1.74 bits per heavy atom. The lowest BCUT2D eigenvalue weighted by Gasteiger charge is -2.31. The number of benzene rings is 2. The molecule has 0 N–H and O–H groups in total. The monoisotopic (exact) mass is 489 g/mol. The third-order valence-electron chi connectivity index (χ3n) is 6.77. The molecule has 0 bridgehead atoms. The maximum Gasteiger partial charge on any atom is 0.278 e. The Balaban J connectivity index is 1.20. The van der Waals surface area contributed by atoms with E-state index in [-0.39, 0.29) is 29.9 Å². The Kier molecular flexibility index (Phi) is 6.60. The largest absolute Gasteiger partial charge is 0.491 e. The molecule has 3 heterocycles. The van der Waals surface area contributed by atoms with Gasteiger partial charge >= 0.3 is 0 Å². The van der Waals surface area contributed by atoms with E-state index in [9.17, 15) is 9.59 Å². The Hall–Kier alpha value is -3.19. The lowest BCUT2D eigenvalue weighted by atomic mass is 9.97. The van der Waals surface area contributed by atoms with Gasteiger partial charge in [-0.25, -0.2) is 4.98 Å². The number of thiazole rings is 1. The highest BCUT2D eigenvalue weighted by Crippen LogP contribution is 2.35. The van der Waals surface area contributed by atoms with Crippen molar-refractivity contribution < 1.29 is 14.3 Å². The molecule has 6 nitrogen and oxygen atoms in total. The van der Waals surface area contributed by atoms with Crippen molar-refractivity contribution in [3.8, 4) is 5.75 Å². The van der Waals surface area contributed by atoms with Gasteiger partial charge < -0.3 is 14.5 Å². The minimum absolute atomic E-state index is 0.0255. The van der Waals surface area contributed by atoms with Gasteiger partial charge in [0.2, 0.25) is 0 Å². The second-order valence-electron chi connectivity index (χ2n) is 9.69. The van der Waals surface area contributed by atoms with Gasteiger partial charge in [-0.15, -0.1) is 11.3 Å². The van der Waals surface area contributed by atoms with E-state index in [1.165, 1.54) is 5.56 Å². The summed E-state index contributed by atoms with van der Waals surface area (Å²) in [5, 5.41) is 2.89. The fourth-order valence-electron chi connectivity index (χ4n) is 5.03. The Morgan fingerprint density at radius 3 is 2.46 bits per heavy atom. The van der Waals surface area contributed by atoms with Gasteiger partial charge in [-0.1, -0.05) is 18.2 Å². The normalized spacial score (nSPS) is 18.1. The predicted octanol–water partition coefficient (Wildman–Crippen LogP) is 5.54. The molecule has 1 fully saturated rings. The molecule has 2 aliphatic heterocycles. The summed E-state index contributed by atoms with van der Waals surface area (Å²) in [4.78, 5) is 34.8. The van der Waals surface area contributed by atoms with Gasteiger partial charge in [0, 0.05) is 41.7 Å². The van der Waals surface area contributed by atoms with Crippen LogP contribution in [0.2, 0.25) is 0 Å². The molecule has 0 saturated carbocycles. The molecule has 0 radical (unpaired) electrons. The van der Waals surface area contributed by atoms with Gasteiger partial charge in [0.1, 0.15) is 11.4 Å². The number of anilines is 1. The van der Waals surface area contributed by atoms with E-state index in [4.69, 9.17) is 9.72 Å². The predicted molar refractivity (Wildman–Crippen MR) is 139 cm³/mol. The minimum atomic E-state index is -0.0255. The van der Waals surface area contributed by atoms with Crippen molar-refractivity contribution in [2.45, 2.75) is 58.1 Å². The Bertz CT molecular complexity index is 1210. The molecule has 0 spiro atoms. The molecule has 182 valence electrons. The molecule has 1 aromatic heterocycles. The van der Waals surface area contributed by atoms with Crippen LogP contribution in [-0.2, 0) is 6.42 Å². The first kappa shape index (κ1) is 23.5. The smallest absolute Gasteiger partial charge is 0.278 e. The number of para-hydroxylation sites is 1. The minimum Gasteiger partial charge on any atom is -0.491 e. The number of nitrogens with zero attached hydrogens (tertiary/aromatic N) is 3. The van der Waals surface area contributed by atoms with Crippen LogP contribution in [0.5, 0.6) is 5.75 Å². The van der Waals surface area contributed by atoms with E-state index >= 15 is 0 Å². The number of ether oxygens (including phenoxy) is 1. The maximum atomic E-state index is 13.3.